The predicted molar refractivity (Wildman–Crippen MR) is 118 cm³/mol. The molecule has 4 rings (SSSR count). The number of anilines is 1. The molecule has 162 valence electrons. The Kier molecular flexibility index (Phi) is 6.40. The lowest BCUT2D eigenvalue weighted by Crippen LogP contribution is -2.49. The van der Waals surface area contributed by atoms with Crippen LogP contribution in [0, 0.1) is 0 Å². The molecule has 0 atom stereocenters. The van der Waals surface area contributed by atoms with Gasteiger partial charge in [0.25, 0.3) is 5.56 Å². The van der Waals surface area contributed by atoms with Gasteiger partial charge < -0.3 is 14.8 Å². The molecule has 0 spiro atoms. The van der Waals surface area contributed by atoms with Crippen molar-refractivity contribution in [2.45, 2.75) is 32.2 Å². The number of H-pyrrole nitrogens is 1. The molecule has 1 fully saturated rings. The molecule has 9 nitrogen and oxygen atoms in total. The average molecular weight is 422 g/mol. The average Bonchev–Trinajstić information content (AvgIpc) is 2.81. The molecule has 1 amide bonds. The van der Waals surface area contributed by atoms with Crippen LogP contribution < -0.4 is 16.1 Å². The number of carbonyl (C=O) groups is 1. The molecule has 0 aliphatic carbocycles. The van der Waals surface area contributed by atoms with Gasteiger partial charge in [0.2, 0.25) is 11.9 Å². The minimum Gasteiger partial charge on any atom is -0.339 e. The number of benzene rings is 1. The van der Waals surface area contributed by atoms with Crippen LogP contribution in [0.5, 0.6) is 0 Å². The zero-order valence-corrected chi connectivity index (χ0v) is 17.4. The first-order valence-electron chi connectivity index (χ1n) is 10.6. The Morgan fingerprint density at radius 2 is 1.68 bits per heavy atom. The summed E-state index contributed by atoms with van der Waals surface area (Å²) in [6.07, 6.45) is 6.11. The van der Waals surface area contributed by atoms with Crippen molar-refractivity contribution in [1.82, 2.24) is 24.4 Å². The molecule has 2 aromatic heterocycles. The van der Waals surface area contributed by atoms with Gasteiger partial charge in [-0.1, -0.05) is 18.6 Å². The number of aromatic nitrogens is 4. The van der Waals surface area contributed by atoms with Crippen LogP contribution in [-0.4, -0.2) is 56.5 Å². The number of hydrogen-bond acceptors (Lipinski definition) is 6. The van der Waals surface area contributed by atoms with Gasteiger partial charge in [0.15, 0.2) is 0 Å². The Morgan fingerprint density at radius 1 is 0.935 bits per heavy atom. The van der Waals surface area contributed by atoms with Gasteiger partial charge in [0, 0.05) is 51.5 Å². The van der Waals surface area contributed by atoms with Crippen molar-refractivity contribution in [3.8, 4) is 0 Å². The second-order valence-electron chi connectivity index (χ2n) is 7.66. The van der Waals surface area contributed by atoms with Gasteiger partial charge in [-0.15, -0.1) is 0 Å². The lowest BCUT2D eigenvalue weighted by Gasteiger charge is -2.34. The van der Waals surface area contributed by atoms with E-state index in [1.54, 1.807) is 42.7 Å². The Morgan fingerprint density at radius 3 is 2.45 bits per heavy atom. The summed E-state index contributed by atoms with van der Waals surface area (Å²) < 4.78 is 1.25. The first kappa shape index (κ1) is 20.8. The van der Waals surface area contributed by atoms with Crippen LogP contribution >= 0.6 is 0 Å². The fourth-order valence-electron chi connectivity index (χ4n) is 3.89. The maximum Gasteiger partial charge on any atom is 0.328 e. The van der Waals surface area contributed by atoms with Crippen molar-refractivity contribution in [3.63, 3.8) is 0 Å². The van der Waals surface area contributed by atoms with E-state index in [0.29, 0.717) is 49.3 Å². The highest BCUT2D eigenvalue weighted by Crippen LogP contribution is 2.12. The third-order valence-corrected chi connectivity index (χ3v) is 5.63. The van der Waals surface area contributed by atoms with Crippen molar-refractivity contribution in [2.24, 2.45) is 0 Å². The maximum atomic E-state index is 12.5. The highest BCUT2D eigenvalue weighted by molar-refractivity contribution is 5.77. The lowest BCUT2D eigenvalue weighted by molar-refractivity contribution is -0.131. The van der Waals surface area contributed by atoms with Crippen LogP contribution in [-0.2, 0) is 11.3 Å². The summed E-state index contributed by atoms with van der Waals surface area (Å²) >= 11 is 0. The number of nitrogens with one attached hydrogen (secondary N) is 1. The Bertz CT molecular complexity index is 1150. The van der Waals surface area contributed by atoms with Gasteiger partial charge >= 0.3 is 5.69 Å². The number of rotatable bonds is 7. The standard InChI is InChI=1S/C22H26N6O3/c29-19(26-13-15-27(16-14-26)21-23-10-6-11-24-21)9-2-1-5-12-28-20(30)17-7-3-4-8-18(17)25-22(28)31/h3-4,6-8,10-11H,1-2,5,9,12-16H2,(H,25,31). The van der Waals surface area contributed by atoms with Crippen molar-refractivity contribution in [1.29, 1.82) is 0 Å². The van der Waals surface area contributed by atoms with Gasteiger partial charge in [-0.3, -0.25) is 14.2 Å². The van der Waals surface area contributed by atoms with Crippen LogP contribution in [0.15, 0.2) is 52.3 Å². The van der Waals surface area contributed by atoms with Gasteiger partial charge in [0.1, 0.15) is 0 Å². The number of amides is 1. The van der Waals surface area contributed by atoms with Crippen molar-refractivity contribution in [3.05, 3.63) is 63.6 Å². The Balaban J connectivity index is 1.21. The first-order valence-corrected chi connectivity index (χ1v) is 10.6. The molecule has 0 unspecified atom stereocenters. The lowest BCUT2D eigenvalue weighted by atomic mass is 10.1. The Hall–Kier alpha value is -3.49. The zero-order chi connectivity index (χ0) is 21.6. The molecule has 3 heterocycles. The highest BCUT2D eigenvalue weighted by Gasteiger charge is 2.21. The van der Waals surface area contributed by atoms with E-state index in [9.17, 15) is 14.4 Å². The zero-order valence-electron chi connectivity index (χ0n) is 17.4. The minimum absolute atomic E-state index is 0.148. The monoisotopic (exact) mass is 422 g/mol. The fraction of sp³-hybridized carbons (Fsp3) is 0.409. The molecule has 9 heteroatoms. The summed E-state index contributed by atoms with van der Waals surface area (Å²) in [6, 6.07) is 8.79. The molecular weight excluding hydrogens is 396 g/mol. The molecule has 1 saturated heterocycles. The summed E-state index contributed by atoms with van der Waals surface area (Å²) in [5.41, 5.74) is -0.103. The number of piperazine rings is 1. The molecule has 1 aliphatic rings. The number of fused-ring (bicyclic) bond motifs is 1. The topological polar surface area (TPSA) is 104 Å². The fourth-order valence-corrected chi connectivity index (χ4v) is 3.89. The van der Waals surface area contributed by atoms with Crippen LogP contribution in [0.3, 0.4) is 0 Å². The summed E-state index contributed by atoms with van der Waals surface area (Å²) in [5, 5.41) is 0.511. The normalized spacial score (nSPS) is 14.2. The second-order valence-corrected chi connectivity index (χ2v) is 7.66. The number of para-hydroxylation sites is 1. The van der Waals surface area contributed by atoms with Crippen molar-refractivity contribution < 1.29 is 4.79 Å². The number of hydrogen-bond donors (Lipinski definition) is 1. The third kappa shape index (κ3) is 4.82. The molecule has 1 aliphatic heterocycles. The number of nitrogens with zero attached hydrogens (tertiary/aromatic N) is 5. The molecule has 1 N–H and O–H groups in total. The summed E-state index contributed by atoms with van der Waals surface area (Å²) in [4.78, 5) is 52.5. The summed E-state index contributed by atoms with van der Waals surface area (Å²) in [7, 11) is 0. The van der Waals surface area contributed by atoms with E-state index in [4.69, 9.17) is 0 Å². The smallest absolute Gasteiger partial charge is 0.328 e. The molecule has 31 heavy (non-hydrogen) atoms. The van der Waals surface area contributed by atoms with E-state index < -0.39 is 0 Å². The van der Waals surface area contributed by atoms with Crippen molar-refractivity contribution >= 4 is 22.8 Å². The van der Waals surface area contributed by atoms with E-state index in [-0.39, 0.29) is 17.2 Å². The van der Waals surface area contributed by atoms with Crippen LogP contribution in [0.4, 0.5) is 5.95 Å². The quantitative estimate of drug-likeness (QED) is 0.577. The molecule has 0 bridgehead atoms. The number of aromatic amines is 1. The number of carbonyl (C=O) groups excluding carboxylic acids is 1. The van der Waals surface area contributed by atoms with E-state index in [1.807, 2.05) is 4.90 Å². The van der Waals surface area contributed by atoms with Crippen LogP contribution in [0.25, 0.3) is 10.9 Å². The third-order valence-electron chi connectivity index (χ3n) is 5.63. The molecule has 1 aromatic carbocycles. The van der Waals surface area contributed by atoms with E-state index in [0.717, 1.165) is 25.9 Å². The second kappa shape index (κ2) is 9.55. The van der Waals surface area contributed by atoms with Gasteiger partial charge in [-0.05, 0) is 31.0 Å². The van der Waals surface area contributed by atoms with Crippen molar-refractivity contribution in [2.75, 3.05) is 31.1 Å². The predicted octanol–water partition coefficient (Wildman–Crippen LogP) is 1.39. The van der Waals surface area contributed by atoms with E-state index in [1.165, 1.54) is 4.57 Å². The van der Waals surface area contributed by atoms with E-state index in [2.05, 4.69) is 19.9 Å². The summed E-state index contributed by atoms with van der Waals surface area (Å²) in [6.45, 7) is 3.13. The largest absolute Gasteiger partial charge is 0.339 e. The maximum absolute atomic E-state index is 12.5. The summed E-state index contributed by atoms with van der Waals surface area (Å²) in [5.74, 6) is 0.850. The Labute approximate surface area is 179 Å². The minimum atomic E-state index is -0.389. The van der Waals surface area contributed by atoms with Gasteiger partial charge in [-0.2, -0.15) is 0 Å². The SMILES string of the molecule is O=C(CCCCCn1c(=O)[nH]c2ccccc2c1=O)N1CCN(c2ncccn2)CC1. The van der Waals surface area contributed by atoms with Crippen LogP contribution in [0.1, 0.15) is 25.7 Å². The molecular formula is C22H26N6O3. The first-order chi connectivity index (χ1) is 15.1. The van der Waals surface area contributed by atoms with Gasteiger partial charge in [-0.25, -0.2) is 14.8 Å². The molecule has 0 radical (unpaired) electrons. The van der Waals surface area contributed by atoms with E-state index >= 15 is 0 Å². The molecule has 3 aromatic rings. The molecule has 0 saturated carbocycles. The highest BCUT2D eigenvalue weighted by atomic mass is 16.2. The van der Waals surface area contributed by atoms with Gasteiger partial charge in [0.05, 0.1) is 10.9 Å². The van der Waals surface area contributed by atoms with Crippen LogP contribution in [0.2, 0.25) is 0 Å². The number of unbranched alkanes of at least 4 members (excludes halogenated alkanes) is 2.